The van der Waals surface area contributed by atoms with Gasteiger partial charge in [-0.15, -0.1) is 11.3 Å². The molecule has 1 aliphatic heterocycles. The summed E-state index contributed by atoms with van der Waals surface area (Å²) < 4.78 is 16.6. The van der Waals surface area contributed by atoms with Crippen LogP contribution in [0.15, 0.2) is 60.0 Å². The number of carbonyl (C=O) groups is 1. The summed E-state index contributed by atoms with van der Waals surface area (Å²) in [5.41, 5.74) is 3.00. The van der Waals surface area contributed by atoms with Gasteiger partial charge in [0.25, 0.3) is 0 Å². The van der Waals surface area contributed by atoms with Crippen molar-refractivity contribution >= 4 is 23.3 Å². The molecule has 1 aromatic heterocycles. The van der Waals surface area contributed by atoms with Gasteiger partial charge in [0.2, 0.25) is 5.91 Å². The van der Waals surface area contributed by atoms with E-state index in [4.69, 9.17) is 14.2 Å². The lowest BCUT2D eigenvalue weighted by molar-refractivity contribution is -0.116. The number of hydrogen-bond acceptors (Lipinski definition) is 7. The molecule has 0 saturated carbocycles. The van der Waals surface area contributed by atoms with Crippen LogP contribution in [0.25, 0.3) is 6.08 Å². The van der Waals surface area contributed by atoms with Crippen LogP contribution < -0.4 is 14.8 Å². The fourth-order valence-corrected chi connectivity index (χ4v) is 4.51. The summed E-state index contributed by atoms with van der Waals surface area (Å²) in [5.74, 6) is 1.46. The Morgan fingerprint density at radius 1 is 1.14 bits per heavy atom. The summed E-state index contributed by atoms with van der Waals surface area (Å²) in [6.07, 6.45) is 3.37. The smallest absolute Gasteiger partial charge is 0.244 e. The van der Waals surface area contributed by atoms with Crippen LogP contribution in [-0.2, 0) is 16.1 Å². The van der Waals surface area contributed by atoms with E-state index >= 15 is 0 Å². The van der Waals surface area contributed by atoms with Crippen molar-refractivity contribution < 1.29 is 19.0 Å². The number of hydrogen-bond donors (Lipinski definition) is 1. The zero-order chi connectivity index (χ0) is 24.5. The molecule has 0 spiro atoms. The molecule has 1 unspecified atom stereocenters. The number of nitrogens with zero attached hydrogens (tertiary/aromatic N) is 2. The third kappa shape index (κ3) is 7.39. The third-order valence-electron chi connectivity index (χ3n) is 5.82. The van der Waals surface area contributed by atoms with Crippen molar-refractivity contribution in [1.29, 1.82) is 0 Å². The summed E-state index contributed by atoms with van der Waals surface area (Å²) >= 11 is 1.61. The van der Waals surface area contributed by atoms with Gasteiger partial charge in [0.05, 0.1) is 37.1 Å². The van der Waals surface area contributed by atoms with Crippen LogP contribution in [-0.4, -0.2) is 55.7 Å². The first-order valence-electron chi connectivity index (χ1n) is 11.7. The molecular formula is C27H31N3O4S. The van der Waals surface area contributed by atoms with Gasteiger partial charge in [-0.3, -0.25) is 9.69 Å². The molecule has 1 amide bonds. The number of ether oxygens (including phenoxy) is 3. The zero-order valence-electron chi connectivity index (χ0n) is 20.1. The highest BCUT2D eigenvalue weighted by Crippen LogP contribution is 2.24. The van der Waals surface area contributed by atoms with Gasteiger partial charge < -0.3 is 19.5 Å². The van der Waals surface area contributed by atoms with Crippen LogP contribution in [0.3, 0.4) is 0 Å². The van der Waals surface area contributed by atoms with E-state index in [0.29, 0.717) is 26.4 Å². The molecule has 1 atom stereocenters. The maximum atomic E-state index is 12.6. The Labute approximate surface area is 210 Å². The Kier molecular flexibility index (Phi) is 8.89. The van der Waals surface area contributed by atoms with Crippen molar-refractivity contribution in [2.24, 2.45) is 0 Å². The number of thiazole rings is 1. The van der Waals surface area contributed by atoms with E-state index < -0.39 is 0 Å². The van der Waals surface area contributed by atoms with E-state index in [2.05, 4.69) is 27.3 Å². The van der Waals surface area contributed by atoms with Crippen molar-refractivity contribution in [3.05, 3.63) is 81.8 Å². The fraction of sp³-hybridized carbons (Fsp3) is 0.333. The number of morpholine rings is 1. The molecule has 3 aromatic rings. The number of carbonyl (C=O) groups excluding carboxylic acids is 1. The van der Waals surface area contributed by atoms with Crippen molar-refractivity contribution in [1.82, 2.24) is 15.2 Å². The lowest BCUT2D eigenvalue weighted by Crippen LogP contribution is -2.43. The van der Waals surface area contributed by atoms with Crippen LogP contribution in [0.5, 0.6) is 11.5 Å². The van der Waals surface area contributed by atoms with Crippen LogP contribution >= 0.6 is 11.3 Å². The van der Waals surface area contributed by atoms with Crippen molar-refractivity contribution in [2.45, 2.75) is 19.6 Å². The lowest BCUT2D eigenvalue weighted by Gasteiger charge is -2.34. The minimum atomic E-state index is -0.129. The standard InChI is InChI=1S/C27H31N3O4S/c1-20-29-23(19-35-20)18-34-25-8-3-21(4-9-25)5-12-27(31)28-17-26(30-13-15-33-16-14-30)22-6-10-24(32-2)11-7-22/h3-12,19,26H,13-18H2,1-2H3,(H,28,31)/b12-5+. The van der Waals surface area contributed by atoms with E-state index in [9.17, 15) is 4.79 Å². The monoisotopic (exact) mass is 493 g/mol. The molecule has 35 heavy (non-hydrogen) atoms. The van der Waals surface area contributed by atoms with Crippen LogP contribution in [0.1, 0.15) is 27.9 Å². The zero-order valence-corrected chi connectivity index (χ0v) is 20.9. The number of methoxy groups -OCH3 is 1. The largest absolute Gasteiger partial charge is 0.497 e. The molecule has 7 nitrogen and oxygen atoms in total. The van der Waals surface area contributed by atoms with Crippen molar-refractivity contribution in [3.8, 4) is 11.5 Å². The van der Waals surface area contributed by atoms with Gasteiger partial charge in [-0.1, -0.05) is 24.3 Å². The molecule has 2 aromatic carbocycles. The average molecular weight is 494 g/mol. The summed E-state index contributed by atoms with van der Waals surface area (Å²) in [5, 5.41) is 6.09. The first kappa shape index (κ1) is 24.9. The second-order valence-electron chi connectivity index (χ2n) is 8.23. The van der Waals surface area contributed by atoms with E-state index in [1.165, 1.54) is 0 Å². The maximum absolute atomic E-state index is 12.6. The van der Waals surface area contributed by atoms with E-state index in [1.54, 1.807) is 30.6 Å². The second-order valence-corrected chi connectivity index (χ2v) is 9.29. The number of nitrogens with one attached hydrogen (secondary N) is 1. The van der Waals surface area contributed by atoms with Gasteiger partial charge in [-0.05, 0) is 48.4 Å². The second kappa shape index (κ2) is 12.5. The highest BCUT2D eigenvalue weighted by atomic mass is 32.1. The summed E-state index contributed by atoms with van der Waals surface area (Å²) in [4.78, 5) is 19.3. The molecule has 184 valence electrons. The van der Waals surface area contributed by atoms with Crippen LogP contribution in [0, 0.1) is 6.92 Å². The minimum absolute atomic E-state index is 0.0695. The predicted molar refractivity (Wildman–Crippen MR) is 138 cm³/mol. The van der Waals surface area contributed by atoms with E-state index in [1.807, 2.05) is 48.7 Å². The molecule has 8 heteroatoms. The van der Waals surface area contributed by atoms with Crippen LogP contribution in [0.4, 0.5) is 0 Å². The number of aryl methyl sites for hydroxylation is 1. The normalized spacial score (nSPS) is 15.1. The van der Waals surface area contributed by atoms with E-state index in [0.717, 1.165) is 46.4 Å². The summed E-state index contributed by atoms with van der Waals surface area (Å²) in [7, 11) is 1.66. The van der Waals surface area contributed by atoms with Crippen LogP contribution in [0.2, 0.25) is 0 Å². The van der Waals surface area contributed by atoms with Gasteiger partial charge in [-0.25, -0.2) is 4.98 Å². The molecule has 1 fully saturated rings. The Morgan fingerprint density at radius 3 is 2.51 bits per heavy atom. The van der Waals surface area contributed by atoms with Gasteiger partial charge in [0.1, 0.15) is 18.1 Å². The Hall–Kier alpha value is -3.20. The molecule has 0 radical (unpaired) electrons. The molecular weight excluding hydrogens is 462 g/mol. The van der Waals surface area contributed by atoms with Gasteiger partial charge >= 0.3 is 0 Å². The van der Waals surface area contributed by atoms with Gasteiger partial charge in [0.15, 0.2) is 0 Å². The highest BCUT2D eigenvalue weighted by Gasteiger charge is 2.23. The first-order valence-corrected chi connectivity index (χ1v) is 12.5. The molecule has 1 N–H and O–H groups in total. The summed E-state index contributed by atoms with van der Waals surface area (Å²) in [6, 6.07) is 15.7. The van der Waals surface area contributed by atoms with Crippen molar-refractivity contribution in [3.63, 3.8) is 0 Å². The Balaban J connectivity index is 1.31. The van der Waals surface area contributed by atoms with E-state index in [-0.39, 0.29) is 11.9 Å². The topological polar surface area (TPSA) is 72.9 Å². The van der Waals surface area contributed by atoms with Gasteiger partial charge in [0, 0.05) is 31.1 Å². The lowest BCUT2D eigenvalue weighted by atomic mass is 10.0. The molecule has 2 heterocycles. The molecule has 0 aliphatic carbocycles. The summed E-state index contributed by atoms with van der Waals surface area (Å²) in [6.45, 7) is 6.00. The Bertz CT molecular complexity index is 1110. The predicted octanol–water partition coefficient (Wildman–Crippen LogP) is 4.24. The maximum Gasteiger partial charge on any atom is 0.244 e. The Morgan fingerprint density at radius 2 is 1.86 bits per heavy atom. The quantitative estimate of drug-likeness (QED) is 0.426. The minimum Gasteiger partial charge on any atom is -0.497 e. The molecule has 0 bridgehead atoms. The SMILES string of the molecule is COc1ccc(C(CNC(=O)/C=C/c2ccc(OCc3csc(C)n3)cc2)N2CCOCC2)cc1. The molecule has 1 saturated heterocycles. The highest BCUT2D eigenvalue weighted by molar-refractivity contribution is 7.09. The van der Waals surface area contributed by atoms with Crippen molar-refractivity contribution in [2.75, 3.05) is 40.0 Å². The third-order valence-corrected chi connectivity index (χ3v) is 6.64. The molecule has 1 aliphatic rings. The fourth-order valence-electron chi connectivity index (χ4n) is 3.91. The first-order chi connectivity index (χ1) is 17.1. The number of amides is 1. The molecule has 4 rings (SSSR count). The number of aromatic nitrogens is 1. The average Bonchev–Trinajstić information content (AvgIpc) is 3.33. The van der Waals surface area contributed by atoms with Gasteiger partial charge in [-0.2, -0.15) is 0 Å². The number of rotatable bonds is 10. The number of benzene rings is 2.